The van der Waals surface area contributed by atoms with E-state index in [0.717, 1.165) is 11.8 Å². The van der Waals surface area contributed by atoms with Crippen LogP contribution in [0.3, 0.4) is 0 Å². The van der Waals surface area contributed by atoms with Crippen LogP contribution in [-0.4, -0.2) is 29.3 Å². The molecule has 0 bridgehead atoms. The summed E-state index contributed by atoms with van der Waals surface area (Å²) in [6, 6.07) is 6.05. The Morgan fingerprint density at radius 2 is 1.95 bits per heavy atom. The predicted octanol–water partition coefficient (Wildman–Crippen LogP) is 2.83. The minimum absolute atomic E-state index is 0.0237. The molecule has 2 aromatic rings. The molecular formula is C16H21NO5. The van der Waals surface area contributed by atoms with Crippen molar-refractivity contribution in [2.45, 2.75) is 27.2 Å². The van der Waals surface area contributed by atoms with E-state index in [9.17, 15) is 14.7 Å². The number of hydrogen-bond donors (Lipinski definition) is 2. The summed E-state index contributed by atoms with van der Waals surface area (Å²) in [4.78, 5) is 23.7. The van der Waals surface area contributed by atoms with Gasteiger partial charge in [-0.3, -0.25) is 4.79 Å². The topological polar surface area (TPSA) is 91.0 Å². The third-order valence-corrected chi connectivity index (χ3v) is 3.05. The van der Waals surface area contributed by atoms with E-state index in [2.05, 4.69) is 0 Å². The number of carboxylic acid groups (broad SMARTS) is 1. The zero-order valence-corrected chi connectivity index (χ0v) is 13.0. The highest BCUT2D eigenvalue weighted by atomic mass is 16.4. The minimum Gasteiger partial charge on any atom is -0.507 e. The lowest BCUT2D eigenvalue weighted by Crippen LogP contribution is -2.25. The van der Waals surface area contributed by atoms with Crippen molar-refractivity contribution in [3.63, 3.8) is 0 Å². The first-order valence-electron chi connectivity index (χ1n) is 7.25. The average molecular weight is 307 g/mol. The fourth-order valence-electron chi connectivity index (χ4n) is 2.03. The van der Waals surface area contributed by atoms with Crippen molar-refractivity contribution in [3.05, 3.63) is 34.7 Å². The third-order valence-electron chi connectivity index (χ3n) is 3.05. The Morgan fingerprint density at radius 1 is 1.27 bits per heavy atom. The zero-order chi connectivity index (χ0) is 16.7. The maximum Gasteiger partial charge on any atom is 0.339 e. The maximum atomic E-state index is 11.3. The molecule has 0 unspecified atom stereocenters. The van der Waals surface area contributed by atoms with Crippen molar-refractivity contribution < 1.29 is 19.4 Å². The summed E-state index contributed by atoms with van der Waals surface area (Å²) < 4.78 is 5.04. The molecule has 1 heterocycles. The van der Waals surface area contributed by atoms with E-state index in [1.165, 1.54) is 0 Å². The van der Waals surface area contributed by atoms with Crippen molar-refractivity contribution in [2.75, 3.05) is 18.0 Å². The summed E-state index contributed by atoms with van der Waals surface area (Å²) in [5.74, 6) is -0.996. The number of fused-ring (bicyclic) bond motifs is 1. The third kappa shape index (κ3) is 4.25. The molecule has 1 aromatic carbocycles. The second-order valence-electron chi connectivity index (χ2n) is 4.35. The van der Waals surface area contributed by atoms with Crippen LogP contribution in [0, 0.1) is 0 Å². The highest BCUT2D eigenvalue weighted by Crippen LogP contribution is 2.26. The van der Waals surface area contributed by atoms with Crippen molar-refractivity contribution in [1.29, 1.82) is 0 Å². The van der Waals surface area contributed by atoms with Gasteiger partial charge in [-0.05, 0) is 19.1 Å². The summed E-state index contributed by atoms with van der Waals surface area (Å²) in [7, 11) is 0. The second kappa shape index (κ2) is 8.07. The van der Waals surface area contributed by atoms with Crippen molar-refractivity contribution in [2.24, 2.45) is 0 Å². The first kappa shape index (κ1) is 17.6. The molecule has 0 fully saturated rings. The molecule has 0 saturated carbocycles. The Hall–Kier alpha value is -2.50. The molecule has 22 heavy (non-hydrogen) atoms. The SMILES string of the molecule is CC.CCN(CCC(=O)O)c1ccc2c(O)cc(=O)oc2c1. The van der Waals surface area contributed by atoms with Gasteiger partial charge in [0.1, 0.15) is 11.3 Å². The standard InChI is InChI=1S/C14H15NO5.C2H6/c1-2-15(6-5-13(17)18)9-3-4-10-11(16)8-14(19)20-12(10)7-9;1-2/h3-4,7-8,16H,2,5-6H2,1H3,(H,17,18);1-2H3. The fraction of sp³-hybridized carbons (Fsp3) is 0.375. The first-order valence-corrected chi connectivity index (χ1v) is 7.25. The van der Waals surface area contributed by atoms with Crippen LogP contribution in [0.5, 0.6) is 5.75 Å². The van der Waals surface area contributed by atoms with Gasteiger partial charge >= 0.3 is 11.6 Å². The summed E-state index contributed by atoms with van der Waals surface area (Å²) >= 11 is 0. The Balaban J connectivity index is 0.00000116. The minimum atomic E-state index is -0.867. The number of carboxylic acids is 1. The molecule has 120 valence electrons. The highest BCUT2D eigenvalue weighted by Gasteiger charge is 2.10. The number of aromatic hydroxyl groups is 1. The maximum absolute atomic E-state index is 11.3. The molecule has 0 amide bonds. The molecule has 0 saturated heterocycles. The smallest absolute Gasteiger partial charge is 0.339 e. The molecule has 1 aromatic heterocycles. The monoisotopic (exact) mass is 307 g/mol. The van der Waals surface area contributed by atoms with Gasteiger partial charge in [0, 0.05) is 24.8 Å². The molecule has 0 spiro atoms. The van der Waals surface area contributed by atoms with Gasteiger partial charge in [0.05, 0.1) is 17.9 Å². The van der Waals surface area contributed by atoms with Crippen LogP contribution in [0.25, 0.3) is 11.0 Å². The van der Waals surface area contributed by atoms with Crippen LogP contribution in [0.4, 0.5) is 5.69 Å². The predicted molar refractivity (Wildman–Crippen MR) is 85.6 cm³/mol. The summed E-state index contributed by atoms with van der Waals surface area (Å²) in [5.41, 5.74) is 0.400. The van der Waals surface area contributed by atoms with Crippen molar-refractivity contribution >= 4 is 22.6 Å². The number of hydrogen-bond acceptors (Lipinski definition) is 5. The number of rotatable bonds is 5. The Morgan fingerprint density at radius 3 is 2.55 bits per heavy atom. The van der Waals surface area contributed by atoms with Gasteiger partial charge in [-0.2, -0.15) is 0 Å². The van der Waals surface area contributed by atoms with Crippen LogP contribution in [-0.2, 0) is 4.79 Å². The molecule has 2 N–H and O–H groups in total. The second-order valence-corrected chi connectivity index (χ2v) is 4.35. The van der Waals surface area contributed by atoms with Crippen molar-refractivity contribution in [3.8, 4) is 5.75 Å². The quantitative estimate of drug-likeness (QED) is 0.825. The first-order chi connectivity index (χ1) is 10.5. The van der Waals surface area contributed by atoms with Gasteiger partial charge in [-0.15, -0.1) is 0 Å². The lowest BCUT2D eigenvalue weighted by Gasteiger charge is -2.22. The van der Waals surface area contributed by atoms with E-state index in [-0.39, 0.29) is 17.8 Å². The summed E-state index contributed by atoms with van der Waals surface area (Å²) in [6.45, 7) is 6.90. The van der Waals surface area contributed by atoms with E-state index < -0.39 is 11.6 Å². The summed E-state index contributed by atoms with van der Waals surface area (Å²) in [6.07, 6.45) is 0.0237. The van der Waals surface area contributed by atoms with E-state index in [4.69, 9.17) is 9.52 Å². The molecular weight excluding hydrogens is 286 g/mol. The molecule has 2 rings (SSSR count). The molecule has 0 radical (unpaired) electrons. The Labute approximate surface area is 128 Å². The van der Waals surface area contributed by atoms with E-state index in [1.807, 2.05) is 25.7 Å². The van der Waals surface area contributed by atoms with E-state index in [1.54, 1.807) is 18.2 Å². The molecule has 0 aliphatic heterocycles. The van der Waals surface area contributed by atoms with Gasteiger partial charge in [0.2, 0.25) is 0 Å². The van der Waals surface area contributed by atoms with Crippen LogP contribution in [0.2, 0.25) is 0 Å². The molecule has 0 atom stereocenters. The van der Waals surface area contributed by atoms with Gasteiger partial charge in [-0.25, -0.2) is 4.79 Å². The molecule has 0 aliphatic carbocycles. The number of aliphatic carboxylic acids is 1. The highest BCUT2D eigenvalue weighted by molar-refractivity contribution is 5.85. The largest absolute Gasteiger partial charge is 0.507 e. The number of nitrogens with zero attached hydrogens (tertiary/aromatic N) is 1. The Bertz CT molecular complexity index is 692. The fourth-order valence-corrected chi connectivity index (χ4v) is 2.03. The van der Waals surface area contributed by atoms with Gasteiger partial charge in [0.25, 0.3) is 0 Å². The normalized spacial score (nSPS) is 9.95. The lowest BCUT2D eigenvalue weighted by atomic mass is 10.2. The van der Waals surface area contributed by atoms with Gasteiger partial charge in [-0.1, -0.05) is 13.8 Å². The molecule has 6 nitrogen and oxygen atoms in total. The summed E-state index contributed by atoms with van der Waals surface area (Å²) in [5, 5.41) is 18.8. The van der Waals surface area contributed by atoms with Crippen molar-refractivity contribution in [1.82, 2.24) is 0 Å². The molecule has 0 aliphatic rings. The zero-order valence-electron chi connectivity index (χ0n) is 13.0. The van der Waals surface area contributed by atoms with Crippen LogP contribution < -0.4 is 10.5 Å². The number of anilines is 1. The van der Waals surface area contributed by atoms with E-state index in [0.29, 0.717) is 18.5 Å². The number of carbonyl (C=O) groups is 1. The van der Waals surface area contributed by atoms with Gasteiger partial charge < -0.3 is 19.5 Å². The average Bonchev–Trinajstić information content (AvgIpc) is 2.49. The lowest BCUT2D eigenvalue weighted by molar-refractivity contribution is -0.136. The van der Waals surface area contributed by atoms with Crippen LogP contribution in [0.1, 0.15) is 27.2 Å². The van der Waals surface area contributed by atoms with Crippen LogP contribution in [0.15, 0.2) is 33.5 Å². The van der Waals surface area contributed by atoms with Crippen LogP contribution >= 0.6 is 0 Å². The molecule has 6 heteroatoms. The van der Waals surface area contributed by atoms with E-state index >= 15 is 0 Å². The number of benzene rings is 1. The Kier molecular flexibility index (Phi) is 6.44. The van der Waals surface area contributed by atoms with Gasteiger partial charge in [0.15, 0.2) is 0 Å².